The van der Waals surface area contributed by atoms with E-state index in [2.05, 4.69) is 15.9 Å². The van der Waals surface area contributed by atoms with E-state index < -0.39 is 11.1 Å². The average molecular weight is 411 g/mol. The molecule has 0 aliphatic carbocycles. The summed E-state index contributed by atoms with van der Waals surface area (Å²) < 4.78 is 0.500. The fraction of sp³-hybridized carbons (Fsp3) is 0.312. The van der Waals surface area contributed by atoms with Gasteiger partial charge in [0.2, 0.25) is 5.91 Å². The first-order chi connectivity index (χ1) is 11.5. The zero-order valence-electron chi connectivity index (χ0n) is 12.7. The van der Waals surface area contributed by atoms with Gasteiger partial charge in [0, 0.05) is 13.1 Å². The fourth-order valence-electron chi connectivity index (χ4n) is 2.60. The van der Waals surface area contributed by atoms with Crippen LogP contribution in [0.3, 0.4) is 0 Å². The number of thioether (sulfide) groups is 1. The van der Waals surface area contributed by atoms with E-state index in [0.717, 1.165) is 29.5 Å². The number of rotatable bonds is 3. The summed E-state index contributed by atoms with van der Waals surface area (Å²) in [6, 6.07) is 4.79. The normalized spacial score (nSPS) is 19.6. The first-order valence-corrected chi connectivity index (χ1v) is 9.08. The lowest BCUT2D eigenvalue weighted by atomic mass is 10.2. The molecular weight excluding hydrogens is 396 g/mol. The number of nitrogens with zero attached hydrogens (tertiary/aromatic N) is 2. The maximum atomic E-state index is 12.4. The summed E-state index contributed by atoms with van der Waals surface area (Å²) in [5.74, 6) is -0.554. The van der Waals surface area contributed by atoms with Gasteiger partial charge in [0.1, 0.15) is 12.3 Å². The molecule has 2 heterocycles. The van der Waals surface area contributed by atoms with Gasteiger partial charge in [-0.25, -0.2) is 0 Å². The number of aromatic hydroxyl groups is 1. The maximum Gasteiger partial charge on any atom is 0.294 e. The van der Waals surface area contributed by atoms with Gasteiger partial charge in [0.15, 0.2) is 0 Å². The minimum absolute atomic E-state index is 0.0939. The van der Waals surface area contributed by atoms with Gasteiger partial charge in [-0.1, -0.05) is 6.07 Å². The number of halogens is 1. The Bertz CT molecular complexity index is 744. The molecule has 1 aromatic rings. The Hall–Kier alpha value is -1.80. The number of phenols is 1. The molecule has 0 bridgehead atoms. The second kappa shape index (κ2) is 6.98. The Labute approximate surface area is 151 Å². The summed E-state index contributed by atoms with van der Waals surface area (Å²) in [7, 11) is 0. The van der Waals surface area contributed by atoms with Crippen LogP contribution >= 0.6 is 27.7 Å². The number of benzene rings is 1. The van der Waals surface area contributed by atoms with Crippen molar-refractivity contribution in [1.29, 1.82) is 0 Å². The van der Waals surface area contributed by atoms with Crippen LogP contribution in [-0.2, 0) is 9.59 Å². The highest BCUT2D eigenvalue weighted by Crippen LogP contribution is 2.33. The van der Waals surface area contributed by atoms with Crippen molar-refractivity contribution in [3.05, 3.63) is 33.1 Å². The van der Waals surface area contributed by atoms with Gasteiger partial charge in [-0.05, 0) is 64.3 Å². The predicted octanol–water partition coefficient (Wildman–Crippen LogP) is 2.81. The maximum absolute atomic E-state index is 12.4. The van der Waals surface area contributed by atoms with Crippen LogP contribution in [0.5, 0.6) is 5.75 Å². The summed E-state index contributed by atoms with van der Waals surface area (Å²) in [5.41, 5.74) is 0.677. The first kappa shape index (κ1) is 17.0. The third kappa shape index (κ3) is 3.49. The Morgan fingerprint density at radius 2 is 2.00 bits per heavy atom. The van der Waals surface area contributed by atoms with Crippen LogP contribution in [0.1, 0.15) is 18.4 Å². The Balaban J connectivity index is 1.74. The smallest absolute Gasteiger partial charge is 0.294 e. The highest BCUT2D eigenvalue weighted by Gasteiger charge is 2.37. The van der Waals surface area contributed by atoms with Gasteiger partial charge in [0.05, 0.1) is 9.38 Å². The van der Waals surface area contributed by atoms with E-state index in [-0.39, 0.29) is 23.1 Å². The largest absolute Gasteiger partial charge is 0.507 e. The van der Waals surface area contributed by atoms with E-state index in [4.69, 9.17) is 0 Å². The molecule has 24 heavy (non-hydrogen) atoms. The van der Waals surface area contributed by atoms with Crippen molar-refractivity contribution in [2.24, 2.45) is 0 Å². The number of hydrogen-bond acceptors (Lipinski definition) is 5. The number of carbonyl (C=O) groups is 3. The Kier molecular flexibility index (Phi) is 4.96. The van der Waals surface area contributed by atoms with Crippen LogP contribution < -0.4 is 0 Å². The first-order valence-electron chi connectivity index (χ1n) is 7.47. The molecule has 0 unspecified atom stereocenters. The van der Waals surface area contributed by atoms with Crippen LogP contribution in [0.4, 0.5) is 4.79 Å². The summed E-state index contributed by atoms with van der Waals surface area (Å²) in [6.45, 7) is 1.17. The third-order valence-corrected chi connectivity index (χ3v) is 5.44. The van der Waals surface area contributed by atoms with Crippen molar-refractivity contribution in [1.82, 2.24) is 9.80 Å². The summed E-state index contributed by atoms with van der Waals surface area (Å²) in [6.07, 6.45) is 3.50. The van der Waals surface area contributed by atoms with Crippen LogP contribution in [0.25, 0.3) is 6.08 Å². The number of phenolic OH excluding ortho intramolecular Hbond substituents is 1. The third-order valence-electron chi connectivity index (χ3n) is 3.90. The zero-order valence-corrected chi connectivity index (χ0v) is 15.1. The van der Waals surface area contributed by atoms with Crippen LogP contribution in [0, 0.1) is 0 Å². The lowest BCUT2D eigenvalue weighted by Gasteiger charge is -2.18. The SMILES string of the molecule is O=C(CN1C(=O)S/C(=C/c2ccc(O)c(Br)c2)C1=O)N1CCCC1. The molecule has 2 aliphatic rings. The van der Waals surface area contributed by atoms with Crippen molar-refractivity contribution in [3.63, 3.8) is 0 Å². The van der Waals surface area contributed by atoms with Crippen molar-refractivity contribution in [2.75, 3.05) is 19.6 Å². The number of amides is 3. The lowest BCUT2D eigenvalue weighted by molar-refractivity contribution is -0.135. The standard InChI is InChI=1S/C16H15BrN2O4S/c17-11-7-10(3-4-12(11)20)8-13-15(22)19(16(23)24-13)9-14(21)18-5-1-2-6-18/h3-4,7-8,20H,1-2,5-6,9H2/b13-8+. The molecule has 3 amide bonds. The monoisotopic (exact) mass is 410 g/mol. The zero-order chi connectivity index (χ0) is 17.3. The van der Waals surface area contributed by atoms with E-state index in [1.807, 2.05) is 0 Å². The molecule has 2 saturated heterocycles. The number of hydrogen-bond donors (Lipinski definition) is 1. The molecule has 1 aromatic carbocycles. The highest BCUT2D eigenvalue weighted by atomic mass is 79.9. The number of carbonyl (C=O) groups excluding carboxylic acids is 3. The van der Waals surface area contributed by atoms with E-state index in [1.54, 1.807) is 23.1 Å². The molecule has 6 nitrogen and oxygen atoms in total. The van der Waals surface area contributed by atoms with Crippen LogP contribution in [-0.4, -0.2) is 51.6 Å². The Morgan fingerprint density at radius 1 is 1.29 bits per heavy atom. The van der Waals surface area contributed by atoms with E-state index in [1.165, 1.54) is 6.07 Å². The molecule has 0 spiro atoms. The molecular formula is C16H15BrN2O4S. The van der Waals surface area contributed by atoms with E-state index in [9.17, 15) is 19.5 Å². The molecule has 0 aromatic heterocycles. The lowest BCUT2D eigenvalue weighted by Crippen LogP contribution is -2.40. The molecule has 2 fully saturated rings. The predicted molar refractivity (Wildman–Crippen MR) is 94.3 cm³/mol. The van der Waals surface area contributed by atoms with Gasteiger partial charge in [-0.3, -0.25) is 19.3 Å². The minimum atomic E-state index is -0.457. The molecule has 0 radical (unpaired) electrons. The van der Waals surface area contributed by atoms with Crippen molar-refractivity contribution in [3.8, 4) is 5.75 Å². The van der Waals surface area contributed by atoms with Gasteiger partial charge >= 0.3 is 0 Å². The number of imide groups is 1. The van der Waals surface area contributed by atoms with Crippen LogP contribution in [0.2, 0.25) is 0 Å². The number of likely N-dealkylation sites (tertiary alicyclic amines) is 1. The summed E-state index contributed by atoms with van der Waals surface area (Å²) in [5, 5.41) is 9.07. The van der Waals surface area contributed by atoms with Crippen molar-refractivity contribution in [2.45, 2.75) is 12.8 Å². The second-order valence-corrected chi connectivity index (χ2v) is 7.41. The highest BCUT2D eigenvalue weighted by molar-refractivity contribution is 9.10. The van der Waals surface area contributed by atoms with Gasteiger partial charge < -0.3 is 10.0 Å². The molecule has 126 valence electrons. The molecule has 8 heteroatoms. The van der Waals surface area contributed by atoms with Gasteiger partial charge in [-0.2, -0.15) is 0 Å². The van der Waals surface area contributed by atoms with Crippen molar-refractivity contribution >= 4 is 50.8 Å². The summed E-state index contributed by atoms with van der Waals surface area (Å²) in [4.78, 5) is 39.6. The summed E-state index contributed by atoms with van der Waals surface area (Å²) >= 11 is 4.03. The molecule has 3 rings (SSSR count). The van der Waals surface area contributed by atoms with E-state index in [0.29, 0.717) is 23.1 Å². The van der Waals surface area contributed by atoms with Gasteiger partial charge in [-0.15, -0.1) is 0 Å². The minimum Gasteiger partial charge on any atom is -0.507 e. The van der Waals surface area contributed by atoms with Crippen molar-refractivity contribution < 1.29 is 19.5 Å². The van der Waals surface area contributed by atoms with E-state index >= 15 is 0 Å². The fourth-order valence-corrected chi connectivity index (χ4v) is 3.84. The molecule has 0 saturated carbocycles. The van der Waals surface area contributed by atoms with Crippen LogP contribution in [0.15, 0.2) is 27.6 Å². The topological polar surface area (TPSA) is 77.9 Å². The molecule has 0 atom stereocenters. The quantitative estimate of drug-likeness (QED) is 0.775. The Morgan fingerprint density at radius 3 is 2.67 bits per heavy atom. The molecule has 1 N–H and O–H groups in total. The average Bonchev–Trinajstić information content (AvgIpc) is 3.16. The molecule has 2 aliphatic heterocycles. The van der Waals surface area contributed by atoms with Gasteiger partial charge in [0.25, 0.3) is 11.1 Å². The second-order valence-electron chi connectivity index (χ2n) is 5.57.